The molecule has 2 aliphatic rings. The van der Waals surface area contributed by atoms with Crippen molar-refractivity contribution in [1.29, 1.82) is 0 Å². The molecule has 142 valence electrons. The van der Waals surface area contributed by atoms with Crippen LogP contribution < -0.4 is 10.2 Å². The SMILES string of the molecule is Cc1ccc(CN2CCSc3ccc(C(=O)NC[C@@H]4CCCO4)cc32)cc1. The number of fused-ring (bicyclic) bond motifs is 1. The van der Waals surface area contributed by atoms with E-state index in [1.54, 1.807) is 0 Å². The second-order valence-corrected chi connectivity index (χ2v) is 8.42. The highest BCUT2D eigenvalue weighted by atomic mass is 32.2. The summed E-state index contributed by atoms with van der Waals surface area (Å²) in [6.07, 6.45) is 2.29. The molecule has 4 nitrogen and oxygen atoms in total. The van der Waals surface area contributed by atoms with Crippen LogP contribution in [0.3, 0.4) is 0 Å². The van der Waals surface area contributed by atoms with Gasteiger partial charge in [-0.05, 0) is 43.5 Å². The van der Waals surface area contributed by atoms with Crippen molar-refractivity contribution in [1.82, 2.24) is 5.32 Å². The van der Waals surface area contributed by atoms with Crippen molar-refractivity contribution in [3.05, 3.63) is 59.2 Å². The Bertz CT molecular complexity index is 800. The van der Waals surface area contributed by atoms with Gasteiger partial charge in [-0.3, -0.25) is 4.79 Å². The third kappa shape index (κ3) is 4.47. The molecule has 0 radical (unpaired) electrons. The van der Waals surface area contributed by atoms with Crippen LogP contribution in [0.25, 0.3) is 0 Å². The topological polar surface area (TPSA) is 41.6 Å². The maximum Gasteiger partial charge on any atom is 0.251 e. The molecule has 1 N–H and O–H groups in total. The minimum atomic E-state index is -0.0147. The van der Waals surface area contributed by atoms with Gasteiger partial charge in [-0.2, -0.15) is 0 Å². The van der Waals surface area contributed by atoms with E-state index < -0.39 is 0 Å². The zero-order chi connectivity index (χ0) is 18.6. The summed E-state index contributed by atoms with van der Waals surface area (Å²) in [7, 11) is 0. The maximum absolute atomic E-state index is 12.6. The predicted octanol–water partition coefficient (Wildman–Crippen LogP) is 4.02. The first-order valence-corrected chi connectivity index (χ1v) is 10.6. The summed E-state index contributed by atoms with van der Waals surface area (Å²) in [5, 5.41) is 3.03. The van der Waals surface area contributed by atoms with Gasteiger partial charge in [0.2, 0.25) is 0 Å². The van der Waals surface area contributed by atoms with Crippen LogP contribution in [0.1, 0.15) is 34.3 Å². The first-order valence-electron chi connectivity index (χ1n) is 9.66. The Kier molecular flexibility index (Phi) is 5.69. The molecule has 4 rings (SSSR count). The zero-order valence-electron chi connectivity index (χ0n) is 15.7. The molecule has 1 fully saturated rings. The van der Waals surface area contributed by atoms with Gasteiger partial charge in [0.05, 0.1) is 11.8 Å². The number of hydrogen-bond acceptors (Lipinski definition) is 4. The van der Waals surface area contributed by atoms with Crippen LogP contribution in [-0.4, -0.2) is 37.5 Å². The molecular formula is C22H26N2O2S. The third-order valence-electron chi connectivity index (χ3n) is 5.19. The minimum Gasteiger partial charge on any atom is -0.376 e. The monoisotopic (exact) mass is 382 g/mol. The normalized spacial score (nSPS) is 19.0. The Balaban J connectivity index is 1.48. The molecule has 27 heavy (non-hydrogen) atoms. The summed E-state index contributed by atoms with van der Waals surface area (Å²) < 4.78 is 5.60. The molecule has 2 aromatic carbocycles. The van der Waals surface area contributed by atoms with Crippen molar-refractivity contribution in [2.45, 2.75) is 37.3 Å². The van der Waals surface area contributed by atoms with Crippen LogP contribution in [0, 0.1) is 6.92 Å². The lowest BCUT2D eigenvalue weighted by Crippen LogP contribution is -2.32. The second kappa shape index (κ2) is 8.36. The Morgan fingerprint density at radius 1 is 1.26 bits per heavy atom. The number of nitrogens with zero attached hydrogens (tertiary/aromatic N) is 1. The fourth-order valence-electron chi connectivity index (χ4n) is 3.61. The van der Waals surface area contributed by atoms with E-state index in [0.29, 0.717) is 6.54 Å². The third-order valence-corrected chi connectivity index (χ3v) is 6.23. The molecule has 1 saturated heterocycles. The fraction of sp³-hybridized carbons (Fsp3) is 0.409. The van der Waals surface area contributed by atoms with Gasteiger partial charge in [0.15, 0.2) is 0 Å². The number of amides is 1. The number of hydrogen-bond donors (Lipinski definition) is 1. The number of aryl methyl sites for hydroxylation is 1. The van der Waals surface area contributed by atoms with E-state index in [1.807, 2.05) is 23.9 Å². The Labute approximate surface area is 165 Å². The van der Waals surface area contributed by atoms with E-state index in [1.165, 1.54) is 16.0 Å². The molecule has 0 aromatic heterocycles. The summed E-state index contributed by atoms with van der Waals surface area (Å²) in [5.74, 6) is 1.06. The first kappa shape index (κ1) is 18.4. The molecule has 2 heterocycles. The number of thioether (sulfide) groups is 1. The van der Waals surface area contributed by atoms with Crippen molar-refractivity contribution in [3.8, 4) is 0 Å². The van der Waals surface area contributed by atoms with Crippen LogP contribution in [0.5, 0.6) is 0 Å². The highest BCUT2D eigenvalue weighted by Crippen LogP contribution is 2.36. The minimum absolute atomic E-state index is 0.0147. The molecule has 0 unspecified atom stereocenters. The molecule has 2 aromatic rings. The van der Waals surface area contributed by atoms with E-state index in [-0.39, 0.29) is 12.0 Å². The number of carbonyl (C=O) groups excluding carboxylic acids is 1. The van der Waals surface area contributed by atoms with E-state index in [2.05, 4.69) is 47.5 Å². The molecule has 0 bridgehead atoms. The molecule has 0 spiro atoms. The maximum atomic E-state index is 12.6. The lowest BCUT2D eigenvalue weighted by atomic mass is 10.1. The smallest absolute Gasteiger partial charge is 0.251 e. The average Bonchev–Trinajstić information content (AvgIpc) is 3.21. The molecule has 0 aliphatic carbocycles. The summed E-state index contributed by atoms with van der Waals surface area (Å²) in [6, 6.07) is 14.8. The van der Waals surface area contributed by atoms with E-state index in [0.717, 1.165) is 49.5 Å². The largest absolute Gasteiger partial charge is 0.376 e. The predicted molar refractivity (Wildman–Crippen MR) is 111 cm³/mol. The van der Waals surface area contributed by atoms with E-state index in [9.17, 15) is 4.79 Å². The molecule has 2 aliphatic heterocycles. The van der Waals surface area contributed by atoms with Gasteiger partial charge in [-0.15, -0.1) is 11.8 Å². The highest BCUT2D eigenvalue weighted by Gasteiger charge is 2.21. The van der Waals surface area contributed by atoms with Gasteiger partial charge in [-0.25, -0.2) is 0 Å². The molecule has 1 atom stereocenters. The van der Waals surface area contributed by atoms with Crippen molar-refractivity contribution in [2.75, 3.05) is 30.3 Å². The number of ether oxygens (including phenoxy) is 1. The van der Waals surface area contributed by atoms with Gasteiger partial charge in [0.1, 0.15) is 0 Å². The van der Waals surface area contributed by atoms with Crippen LogP contribution in [-0.2, 0) is 11.3 Å². The van der Waals surface area contributed by atoms with Crippen LogP contribution in [0.4, 0.5) is 5.69 Å². The molecular weight excluding hydrogens is 356 g/mol. The average molecular weight is 383 g/mol. The Hall–Kier alpha value is -1.98. The van der Waals surface area contributed by atoms with Gasteiger partial charge < -0.3 is 15.0 Å². The van der Waals surface area contributed by atoms with Gasteiger partial charge in [0.25, 0.3) is 5.91 Å². The van der Waals surface area contributed by atoms with Crippen LogP contribution in [0.2, 0.25) is 0 Å². The highest BCUT2D eigenvalue weighted by molar-refractivity contribution is 7.99. The molecule has 0 saturated carbocycles. The van der Waals surface area contributed by atoms with Gasteiger partial charge >= 0.3 is 0 Å². The summed E-state index contributed by atoms with van der Waals surface area (Å²) in [4.78, 5) is 16.2. The standard InChI is InChI=1S/C22H26N2O2S/c1-16-4-6-17(7-5-16)15-24-10-12-27-21-9-8-18(13-20(21)24)22(25)23-14-19-3-2-11-26-19/h4-9,13,19H,2-3,10-12,14-15H2,1H3,(H,23,25)/t19-/m0/s1. The van der Waals surface area contributed by atoms with E-state index >= 15 is 0 Å². The Morgan fingerprint density at radius 3 is 2.89 bits per heavy atom. The number of rotatable bonds is 5. The lowest BCUT2D eigenvalue weighted by Gasteiger charge is -2.31. The Morgan fingerprint density at radius 2 is 2.11 bits per heavy atom. The zero-order valence-corrected chi connectivity index (χ0v) is 16.6. The number of anilines is 1. The van der Waals surface area contributed by atoms with Gasteiger partial charge in [-0.1, -0.05) is 29.8 Å². The van der Waals surface area contributed by atoms with Gasteiger partial charge in [0, 0.05) is 42.5 Å². The number of carbonyl (C=O) groups is 1. The van der Waals surface area contributed by atoms with Crippen molar-refractivity contribution < 1.29 is 9.53 Å². The first-order chi connectivity index (χ1) is 13.2. The van der Waals surface area contributed by atoms with Crippen molar-refractivity contribution in [3.63, 3.8) is 0 Å². The fourth-order valence-corrected chi connectivity index (χ4v) is 4.64. The number of benzene rings is 2. The summed E-state index contributed by atoms with van der Waals surface area (Å²) >= 11 is 1.87. The van der Waals surface area contributed by atoms with Crippen LogP contribution >= 0.6 is 11.8 Å². The lowest BCUT2D eigenvalue weighted by molar-refractivity contribution is 0.0858. The second-order valence-electron chi connectivity index (χ2n) is 7.28. The summed E-state index contributed by atoms with van der Waals surface area (Å²) in [6.45, 7) is 5.38. The quantitative estimate of drug-likeness (QED) is 0.848. The van der Waals surface area contributed by atoms with Crippen molar-refractivity contribution >= 4 is 23.4 Å². The van der Waals surface area contributed by atoms with E-state index in [4.69, 9.17) is 4.74 Å². The summed E-state index contributed by atoms with van der Waals surface area (Å²) in [5.41, 5.74) is 4.46. The molecule has 5 heteroatoms. The number of nitrogens with one attached hydrogen (secondary N) is 1. The molecule has 1 amide bonds. The van der Waals surface area contributed by atoms with Crippen LogP contribution in [0.15, 0.2) is 47.4 Å². The van der Waals surface area contributed by atoms with Crippen molar-refractivity contribution in [2.24, 2.45) is 0 Å².